The van der Waals surface area contributed by atoms with Gasteiger partial charge in [0, 0.05) is 6.04 Å². The highest BCUT2D eigenvalue weighted by Gasteiger charge is 2.06. The molecule has 0 heterocycles. The van der Waals surface area contributed by atoms with Crippen molar-refractivity contribution in [2.45, 2.75) is 26.3 Å². The minimum Gasteiger partial charge on any atom is -0.268 e. The van der Waals surface area contributed by atoms with E-state index in [4.69, 9.17) is 0 Å². The van der Waals surface area contributed by atoms with Crippen LogP contribution < -0.4 is 0 Å². The fourth-order valence-electron chi connectivity index (χ4n) is 0.470. The fraction of sp³-hybridized carbons (Fsp3) is 0.667. The van der Waals surface area contributed by atoms with Gasteiger partial charge in [-0.15, -0.1) is 0 Å². The zero-order valence-electron chi connectivity index (χ0n) is 5.75. The maximum atomic E-state index is 11.6. The van der Waals surface area contributed by atoms with Crippen LogP contribution in [0.2, 0.25) is 6.04 Å². The van der Waals surface area contributed by atoms with E-state index in [2.05, 4.69) is 0 Å². The summed E-state index contributed by atoms with van der Waals surface area (Å²) in [5.41, 5.74) is 1.12. The SMILES string of the molecule is CC(C)=CCC[Si](F)F. The number of allylic oxidation sites excluding steroid dienone is 2. The van der Waals surface area contributed by atoms with Gasteiger partial charge in [0.15, 0.2) is 0 Å². The van der Waals surface area contributed by atoms with Crippen molar-refractivity contribution < 1.29 is 8.22 Å². The average molecular weight is 149 g/mol. The first kappa shape index (κ1) is 8.82. The molecule has 0 aliphatic rings. The van der Waals surface area contributed by atoms with Crippen LogP contribution in [0.4, 0.5) is 8.22 Å². The molecule has 1 radical (unpaired) electrons. The van der Waals surface area contributed by atoms with Gasteiger partial charge in [-0.05, 0) is 20.3 Å². The Hall–Kier alpha value is -0.183. The highest BCUT2D eigenvalue weighted by atomic mass is 28.4. The lowest BCUT2D eigenvalue weighted by Crippen LogP contribution is -1.92. The molecule has 0 N–H and O–H groups in total. The summed E-state index contributed by atoms with van der Waals surface area (Å²) in [5.74, 6) is 0. The van der Waals surface area contributed by atoms with Crippen LogP contribution in [0.5, 0.6) is 0 Å². The second-order valence-electron chi connectivity index (χ2n) is 2.16. The van der Waals surface area contributed by atoms with Crippen molar-refractivity contribution in [1.82, 2.24) is 0 Å². The summed E-state index contributed by atoms with van der Waals surface area (Å²) in [6.45, 7) is 3.84. The molecule has 0 aromatic carbocycles. The van der Waals surface area contributed by atoms with E-state index in [1.807, 2.05) is 19.9 Å². The summed E-state index contributed by atoms with van der Waals surface area (Å²) in [5, 5.41) is 0. The summed E-state index contributed by atoms with van der Waals surface area (Å²) in [4.78, 5) is 0. The molecule has 0 rings (SSSR count). The van der Waals surface area contributed by atoms with Crippen LogP contribution in [0, 0.1) is 0 Å². The van der Waals surface area contributed by atoms with Gasteiger partial charge in [-0.1, -0.05) is 11.6 Å². The summed E-state index contributed by atoms with van der Waals surface area (Å²) in [6, 6.07) is 0.0931. The topological polar surface area (TPSA) is 0 Å². The largest absolute Gasteiger partial charge is 0.477 e. The van der Waals surface area contributed by atoms with Crippen molar-refractivity contribution >= 4 is 9.46 Å². The van der Waals surface area contributed by atoms with Crippen LogP contribution >= 0.6 is 0 Å². The molecule has 0 amide bonds. The Labute approximate surface area is 56.5 Å². The molecule has 0 spiro atoms. The summed E-state index contributed by atoms with van der Waals surface area (Å²) >= 11 is 0. The van der Waals surface area contributed by atoms with Gasteiger partial charge in [0.2, 0.25) is 0 Å². The quantitative estimate of drug-likeness (QED) is 0.329. The van der Waals surface area contributed by atoms with Crippen molar-refractivity contribution in [1.29, 1.82) is 0 Å². The maximum Gasteiger partial charge on any atom is 0.477 e. The molecule has 53 valence electrons. The van der Waals surface area contributed by atoms with Gasteiger partial charge in [-0.3, -0.25) is 8.22 Å². The van der Waals surface area contributed by atoms with Gasteiger partial charge in [-0.2, -0.15) is 0 Å². The van der Waals surface area contributed by atoms with Crippen LogP contribution in [0.15, 0.2) is 11.6 Å². The van der Waals surface area contributed by atoms with Gasteiger partial charge >= 0.3 is 9.46 Å². The second-order valence-corrected chi connectivity index (χ2v) is 3.34. The lowest BCUT2D eigenvalue weighted by molar-refractivity contribution is 0.651. The average Bonchev–Trinajstić information content (AvgIpc) is 1.63. The third kappa shape index (κ3) is 7.82. The van der Waals surface area contributed by atoms with Crippen LogP contribution in [0.3, 0.4) is 0 Å². The Kier molecular flexibility index (Phi) is 4.58. The standard InChI is InChI=1S/C6H11F2Si/c1-6(2)4-3-5-9(7)8/h4H,3,5H2,1-2H3. The molecule has 0 saturated carbocycles. The van der Waals surface area contributed by atoms with Crippen LogP contribution in [0.1, 0.15) is 20.3 Å². The lowest BCUT2D eigenvalue weighted by Gasteiger charge is -1.89. The normalized spacial score (nSPS) is 9.89. The summed E-state index contributed by atoms with van der Waals surface area (Å²) in [7, 11) is -2.97. The number of rotatable bonds is 3. The Morgan fingerprint density at radius 3 is 2.33 bits per heavy atom. The Balaban J connectivity index is 3.20. The Morgan fingerprint density at radius 2 is 2.00 bits per heavy atom. The van der Waals surface area contributed by atoms with Crippen molar-refractivity contribution in [3.05, 3.63) is 11.6 Å². The Bertz CT molecular complexity index is 95.2. The zero-order chi connectivity index (χ0) is 7.28. The predicted molar refractivity (Wildman–Crippen MR) is 36.8 cm³/mol. The molecule has 0 fully saturated rings. The minimum atomic E-state index is -2.97. The number of hydrogen-bond acceptors (Lipinski definition) is 0. The van der Waals surface area contributed by atoms with Gasteiger partial charge in [0.25, 0.3) is 0 Å². The molecule has 0 atom stereocenters. The van der Waals surface area contributed by atoms with E-state index < -0.39 is 9.46 Å². The van der Waals surface area contributed by atoms with Crippen molar-refractivity contribution in [3.63, 3.8) is 0 Å². The van der Waals surface area contributed by atoms with E-state index in [0.717, 1.165) is 5.57 Å². The molecule has 0 aromatic rings. The van der Waals surface area contributed by atoms with Gasteiger partial charge in [-0.25, -0.2) is 0 Å². The third-order valence-corrected chi connectivity index (χ3v) is 1.55. The van der Waals surface area contributed by atoms with E-state index in [1.54, 1.807) is 0 Å². The maximum absolute atomic E-state index is 11.6. The van der Waals surface area contributed by atoms with E-state index in [0.29, 0.717) is 6.42 Å². The van der Waals surface area contributed by atoms with Crippen LogP contribution in [-0.4, -0.2) is 9.46 Å². The van der Waals surface area contributed by atoms with Crippen LogP contribution in [-0.2, 0) is 0 Å². The molecule has 9 heavy (non-hydrogen) atoms. The molecule has 3 heteroatoms. The molecular formula is C6H11F2Si. The first-order valence-corrected chi connectivity index (χ1v) is 4.39. The Morgan fingerprint density at radius 1 is 1.44 bits per heavy atom. The second kappa shape index (κ2) is 4.67. The van der Waals surface area contributed by atoms with E-state index in [1.165, 1.54) is 0 Å². The van der Waals surface area contributed by atoms with E-state index in [-0.39, 0.29) is 6.04 Å². The number of hydrogen-bond donors (Lipinski definition) is 0. The molecule has 0 aliphatic carbocycles. The van der Waals surface area contributed by atoms with Crippen molar-refractivity contribution in [3.8, 4) is 0 Å². The summed E-state index contributed by atoms with van der Waals surface area (Å²) in [6.07, 6.45) is 2.40. The predicted octanol–water partition coefficient (Wildman–Crippen LogP) is 2.77. The third-order valence-electron chi connectivity index (χ3n) is 0.886. The summed E-state index contributed by atoms with van der Waals surface area (Å²) < 4.78 is 23.1. The number of halogens is 2. The molecule has 0 unspecified atom stereocenters. The fourth-order valence-corrected chi connectivity index (χ4v) is 0.833. The monoisotopic (exact) mass is 149 g/mol. The van der Waals surface area contributed by atoms with Crippen LogP contribution in [0.25, 0.3) is 0 Å². The van der Waals surface area contributed by atoms with Crippen molar-refractivity contribution in [2.75, 3.05) is 0 Å². The highest BCUT2D eigenvalue weighted by Crippen LogP contribution is 2.03. The van der Waals surface area contributed by atoms with Gasteiger partial charge < -0.3 is 0 Å². The molecule has 0 aliphatic heterocycles. The smallest absolute Gasteiger partial charge is 0.268 e. The van der Waals surface area contributed by atoms with Gasteiger partial charge in [0.1, 0.15) is 0 Å². The zero-order valence-corrected chi connectivity index (χ0v) is 6.75. The molecule has 0 nitrogen and oxygen atoms in total. The molecule has 0 bridgehead atoms. The first-order valence-electron chi connectivity index (χ1n) is 2.93. The van der Waals surface area contributed by atoms with Crippen molar-refractivity contribution in [2.24, 2.45) is 0 Å². The van der Waals surface area contributed by atoms with Gasteiger partial charge in [0.05, 0.1) is 0 Å². The molecule has 0 saturated heterocycles. The van der Waals surface area contributed by atoms with E-state index >= 15 is 0 Å². The highest BCUT2D eigenvalue weighted by molar-refractivity contribution is 6.42. The first-order chi connectivity index (χ1) is 4.13. The molecule has 0 aromatic heterocycles. The lowest BCUT2D eigenvalue weighted by atomic mass is 10.3. The van der Waals surface area contributed by atoms with E-state index in [9.17, 15) is 8.22 Å². The molecular weight excluding hydrogens is 138 g/mol. The minimum absolute atomic E-state index is 0.0931.